The topological polar surface area (TPSA) is 46.2 Å². The van der Waals surface area contributed by atoms with Gasteiger partial charge in [-0.15, -0.1) is 12.4 Å². The smallest absolute Gasteiger partial charge is 0.0783 e. The first-order valence-electron chi connectivity index (χ1n) is 5.45. The lowest BCUT2D eigenvalue weighted by Crippen LogP contribution is -2.34. The van der Waals surface area contributed by atoms with Crippen LogP contribution in [0.3, 0.4) is 0 Å². The summed E-state index contributed by atoms with van der Waals surface area (Å²) >= 11 is 0. The van der Waals surface area contributed by atoms with Gasteiger partial charge >= 0.3 is 0 Å². The zero-order valence-electron chi connectivity index (χ0n) is 10.1. The van der Waals surface area contributed by atoms with Crippen LogP contribution >= 0.6 is 12.4 Å². The molecule has 0 spiro atoms. The van der Waals surface area contributed by atoms with Gasteiger partial charge < -0.3 is 10.8 Å². The van der Waals surface area contributed by atoms with E-state index in [1.807, 2.05) is 30.3 Å². The summed E-state index contributed by atoms with van der Waals surface area (Å²) in [4.78, 5) is 0. The highest BCUT2D eigenvalue weighted by Gasteiger charge is 2.24. The maximum Gasteiger partial charge on any atom is 0.0783 e. The quantitative estimate of drug-likeness (QED) is 0.862. The van der Waals surface area contributed by atoms with Gasteiger partial charge in [-0.05, 0) is 36.2 Å². The predicted molar refractivity (Wildman–Crippen MR) is 74.4 cm³/mol. The average Bonchev–Trinajstić information content (AvgIpc) is 2.26. The van der Waals surface area contributed by atoms with Crippen molar-refractivity contribution in [1.29, 1.82) is 0 Å². The summed E-state index contributed by atoms with van der Waals surface area (Å²) in [5.41, 5.74) is 6.08. The number of halogens is 1. The molecule has 17 heavy (non-hydrogen) atoms. The van der Waals surface area contributed by atoms with Gasteiger partial charge in [0.05, 0.1) is 11.6 Å². The van der Waals surface area contributed by atoms with E-state index in [4.69, 9.17) is 5.73 Å². The zero-order chi connectivity index (χ0) is 11.8. The molecule has 0 aliphatic carbocycles. The van der Waals surface area contributed by atoms with Crippen molar-refractivity contribution in [3.8, 4) is 0 Å². The minimum Gasteiger partial charge on any atom is -0.388 e. The monoisotopic (exact) mass is 251 g/mol. The number of nitrogens with two attached hydrogens (primary N) is 1. The van der Waals surface area contributed by atoms with Crippen LogP contribution in [0.1, 0.15) is 25.5 Å². The molecular formula is C14H18ClNO. The summed E-state index contributed by atoms with van der Waals surface area (Å²) in [6.07, 6.45) is 0. The SMILES string of the molecule is CC(C)(O)[C@@H](N)c1ccc2ccccc2c1.Cl. The Morgan fingerprint density at radius 3 is 2.24 bits per heavy atom. The first-order valence-corrected chi connectivity index (χ1v) is 5.45. The third-order valence-electron chi connectivity index (χ3n) is 2.89. The molecule has 0 fully saturated rings. The molecule has 0 aliphatic heterocycles. The molecule has 3 N–H and O–H groups in total. The molecule has 1 atom stereocenters. The van der Waals surface area contributed by atoms with E-state index in [1.165, 1.54) is 5.39 Å². The van der Waals surface area contributed by atoms with Gasteiger partial charge in [0.2, 0.25) is 0 Å². The van der Waals surface area contributed by atoms with Crippen molar-refractivity contribution in [3.63, 3.8) is 0 Å². The van der Waals surface area contributed by atoms with Crippen LogP contribution in [0.4, 0.5) is 0 Å². The summed E-state index contributed by atoms with van der Waals surface area (Å²) in [5.74, 6) is 0. The Morgan fingerprint density at radius 1 is 1.06 bits per heavy atom. The predicted octanol–water partition coefficient (Wildman–Crippen LogP) is 3.03. The fourth-order valence-corrected chi connectivity index (χ4v) is 1.81. The summed E-state index contributed by atoms with van der Waals surface area (Å²) in [6, 6.07) is 13.8. The molecule has 0 saturated carbocycles. The number of rotatable bonds is 2. The van der Waals surface area contributed by atoms with Gasteiger partial charge in [0, 0.05) is 0 Å². The molecule has 0 aliphatic rings. The largest absolute Gasteiger partial charge is 0.388 e. The van der Waals surface area contributed by atoms with Gasteiger partial charge in [-0.3, -0.25) is 0 Å². The van der Waals surface area contributed by atoms with E-state index in [0.29, 0.717) is 0 Å². The molecule has 3 heteroatoms. The van der Waals surface area contributed by atoms with E-state index in [2.05, 4.69) is 12.1 Å². The van der Waals surface area contributed by atoms with Gasteiger partial charge in [0.25, 0.3) is 0 Å². The van der Waals surface area contributed by atoms with Crippen molar-refractivity contribution in [2.45, 2.75) is 25.5 Å². The Hall–Kier alpha value is -1.09. The summed E-state index contributed by atoms with van der Waals surface area (Å²) in [5, 5.41) is 12.2. The minimum absolute atomic E-state index is 0. The molecule has 2 rings (SSSR count). The van der Waals surface area contributed by atoms with Crippen LogP contribution in [0.15, 0.2) is 42.5 Å². The van der Waals surface area contributed by atoms with Gasteiger partial charge in [0.15, 0.2) is 0 Å². The number of aliphatic hydroxyl groups is 1. The van der Waals surface area contributed by atoms with Crippen molar-refractivity contribution in [2.75, 3.05) is 0 Å². The van der Waals surface area contributed by atoms with Crippen LogP contribution in [0.5, 0.6) is 0 Å². The normalized spacial score (nSPS) is 13.2. The number of benzene rings is 2. The van der Waals surface area contributed by atoms with Crippen LogP contribution in [-0.4, -0.2) is 10.7 Å². The van der Waals surface area contributed by atoms with Crippen LogP contribution < -0.4 is 5.73 Å². The molecule has 92 valence electrons. The average molecular weight is 252 g/mol. The Morgan fingerprint density at radius 2 is 1.65 bits per heavy atom. The molecule has 0 aromatic heterocycles. The standard InChI is InChI=1S/C14H17NO.ClH/c1-14(2,16)13(15)12-8-7-10-5-3-4-6-11(10)9-12;/h3-9,13,16H,15H2,1-2H3;1H/t13-;/m0./s1. The zero-order valence-corrected chi connectivity index (χ0v) is 10.9. The van der Waals surface area contributed by atoms with Crippen LogP contribution in [0, 0.1) is 0 Å². The maximum atomic E-state index is 9.89. The molecule has 0 saturated heterocycles. The fourth-order valence-electron chi connectivity index (χ4n) is 1.81. The van der Waals surface area contributed by atoms with Gasteiger partial charge in [-0.1, -0.05) is 36.4 Å². The fraction of sp³-hybridized carbons (Fsp3) is 0.286. The van der Waals surface area contributed by atoms with E-state index in [-0.39, 0.29) is 18.4 Å². The second-order valence-corrected chi connectivity index (χ2v) is 4.74. The summed E-state index contributed by atoms with van der Waals surface area (Å²) < 4.78 is 0. The van der Waals surface area contributed by atoms with E-state index in [0.717, 1.165) is 10.9 Å². The third kappa shape index (κ3) is 2.97. The molecule has 0 heterocycles. The second-order valence-electron chi connectivity index (χ2n) is 4.74. The van der Waals surface area contributed by atoms with Crippen LogP contribution in [-0.2, 0) is 0 Å². The summed E-state index contributed by atoms with van der Waals surface area (Å²) in [7, 11) is 0. The van der Waals surface area contributed by atoms with E-state index < -0.39 is 5.60 Å². The molecule has 0 unspecified atom stereocenters. The Bertz CT molecular complexity index is 505. The lowest BCUT2D eigenvalue weighted by atomic mass is 9.91. The van der Waals surface area contributed by atoms with Crippen LogP contribution in [0.25, 0.3) is 10.8 Å². The Kier molecular flexibility index (Phi) is 4.15. The van der Waals surface area contributed by atoms with Gasteiger partial charge in [-0.25, -0.2) is 0 Å². The lowest BCUT2D eigenvalue weighted by Gasteiger charge is -2.26. The number of hydrogen-bond donors (Lipinski definition) is 2. The molecule has 0 radical (unpaired) electrons. The van der Waals surface area contributed by atoms with Crippen LogP contribution in [0.2, 0.25) is 0 Å². The molecule has 0 amide bonds. The third-order valence-corrected chi connectivity index (χ3v) is 2.89. The second kappa shape index (κ2) is 5.05. The Balaban J connectivity index is 0.00000144. The maximum absolute atomic E-state index is 9.89. The van der Waals surface area contributed by atoms with Crippen molar-refractivity contribution >= 4 is 23.2 Å². The highest BCUT2D eigenvalue weighted by atomic mass is 35.5. The van der Waals surface area contributed by atoms with Crippen molar-refractivity contribution < 1.29 is 5.11 Å². The number of hydrogen-bond acceptors (Lipinski definition) is 2. The molecule has 2 aromatic rings. The number of fused-ring (bicyclic) bond motifs is 1. The van der Waals surface area contributed by atoms with E-state index >= 15 is 0 Å². The molecule has 0 bridgehead atoms. The first-order chi connectivity index (χ1) is 7.48. The minimum atomic E-state index is -0.900. The van der Waals surface area contributed by atoms with Crippen molar-refractivity contribution in [2.24, 2.45) is 5.73 Å². The van der Waals surface area contributed by atoms with Crippen molar-refractivity contribution in [1.82, 2.24) is 0 Å². The van der Waals surface area contributed by atoms with Gasteiger partial charge in [-0.2, -0.15) is 0 Å². The Labute approximate surface area is 108 Å². The molecular weight excluding hydrogens is 234 g/mol. The van der Waals surface area contributed by atoms with Crippen molar-refractivity contribution in [3.05, 3.63) is 48.0 Å². The molecule has 2 nitrogen and oxygen atoms in total. The van der Waals surface area contributed by atoms with Gasteiger partial charge in [0.1, 0.15) is 0 Å². The van der Waals surface area contributed by atoms with E-state index in [9.17, 15) is 5.11 Å². The first kappa shape index (κ1) is 14.0. The highest BCUT2D eigenvalue weighted by Crippen LogP contribution is 2.25. The summed E-state index contributed by atoms with van der Waals surface area (Å²) in [6.45, 7) is 3.46. The molecule has 2 aromatic carbocycles. The highest BCUT2D eigenvalue weighted by molar-refractivity contribution is 5.85. The lowest BCUT2D eigenvalue weighted by molar-refractivity contribution is 0.0518. The van der Waals surface area contributed by atoms with E-state index in [1.54, 1.807) is 13.8 Å².